The van der Waals surface area contributed by atoms with E-state index >= 15 is 0 Å². The van der Waals surface area contributed by atoms with Crippen LogP contribution in [-0.4, -0.2) is 31.1 Å². The molecular weight excluding hydrogens is 251 g/mol. The van der Waals surface area contributed by atoms with Crippen molar-refractivity contribution in [1.82, 2.24) is 10.2 Å². The third-order valence-corrected chi connectivity index (χ3v) is 4.65. The van der Waals surface area contributed by atoms with E-state index in [2.05, 4.69) is 38.2 Å². The Labute approximate surface area is 122 Å². The first-order valence-corrected chi connectivity index (χ1v) is 7.63. The highest BCUT2D eigenvalue weighted by molar-refractivity contribution is 5.16. The molecule has 0 aromatic heterocycles. The van der Waals surface area contributed by atoms with E-state index in [0.717, 1.165) is 12.5 Å². The lowest BCUT2D eigenvalue weighted by Crippen LogP contribution is -2.54. The maximum Gasteiger partial charge on any atom is 0.123 e. The molecule has 1 fully saturated rings. The van der Waals surface area contributed by atoms with Crippen molar-refractivity contribution >= 4 is 0 Å². The lowest BCUT2D eigenvalue weighted by Gasteiger charge is -2.44. The van der Waals surface area contributed by atoms with E-state index in [9.17, 15) is 4.39 Å². The molecule has 3 heteroatoms. The molecule has 2 nitrogen and oxygen atoms in total. The Morgan fingerprint density at radius 3 is 2.45 bits per heavy atom. The standard InChI is InChI=1S/C17H27FN2/c1-12-9-13(2)17(16(10-12)19-3)20(4)11-14-5-7-15(18)8-6-14/h5-8,12-13,16-17,19H,9-11H2,1-4H3. The SMILES string of the molecule is CNC1CC(C)CC(C)C1N(C)Cc1ccc(F)cc1. The smallest absolute Gasteiger partial charge is 0.123 e. The Hall–Kier alpha value is -0.930. The van der Waals surface area contributed by atoms with Crippen LogP contribution in [0.1, 0.15) is 32.3 Å². The Balaban J connectivity index is 2.06. The Bertz CT molecular complexity index is 418. The quantitative estimate of drug-likeness (QED) is 0.909. The number of nitrogens with one attached hydrogen (secondary N) is 1. The maximum atomic E-state index is 13.0. The van der Waals surface area contributed by atoms with Crippen LogP contribution in [0.3, 0.4) is 0 Å². The summed E-state index contributed by atoms with van der Waals surface area (Å²) in [5, 5.41) is 3.49. The molecule has 0 aliphatic heterocycles. The van der Waals surface area contributed by atoms with Crippen molar-refractivity contribution in [1.29, 1.82) is 0 Å². The molecule has 1 aromatic carbocycles. The second-order valence-electron chi connectivity index (χ2n) is 6.48. The van der Waals surface area contributed by atoms with Crippen molar-refractivity contribution in [2.24, 2.45) is 11.8 Å². The summed E-state index contributed by atoms with van der Waals surface area (Å²) >= 11 is 0. The van der Waals surface area contributed by atoms with Crippen LogP contribution in [-0.2, 0) is 6.54 Å². The van der Waals surface area contributed by atoms with E-state index in [1.54, 1.807) is 12.1 Å². The van der Waals surface area contributed by atoms with E-state index in [0.29, 0.717) is 18.0 Å². The fraction of sp³-hybridized carbons (Fsp3) is 0.647. The Kier molecular flexibility index (Phi) is 5.17. The van der Waals surface area contributed by atoms with E-state index < -0.39 is 0 Å². The highest BCUT2D eigenvalue weighted by Crippen LogP contribution is 2.32. The molecule has 1 aliphatic carbocycles. The van der Waals surface area contributed by atoms with Crippen LogP contribution in [0.4, 0.5) is 4.39 Å². The molecule has 0 radical (unpaired) electrons. The molecule has 4 unspecified atom stereocenters. The largest absolute Gasteiger partial charge is 0.315 e. The number of hydrogen-bond acceptors (Lipinski definition) is 2. The zero-order valence-electron chi connectivity index (χ0n) is 13.1. The predicted molar refractivity (Wildman–Crippen MR) is 82.1 cm³/mol. The van der Waals surface area contributed by atoms with E-state index in [4.69, 9.17) is 0 Å². The van der Waals surface area contributed by atoms with Crippen molar-refractivity contribution in [3.05, 3.63) is 35.6 Å². The molecule has 0 heterocycles. The number of likely N-dealkylation sites (N-methyl/N-ethyl adjacent to an activating group) is 2. The highest BCUT2D eigenvalue weighted by atomic mass is 19.1. The summed E-state index contributed by atoms with van der Waals surface area (Å²) in [5.74, 6) is 1.31. The molecule has 0 spiro atoms. The van der Waals surface area contributed by atoms with Crippen LogP contribution in [0.15, 0.2) is 24.3 Å². The first-order valence-electron chi connectivity index (χ1n) is 7.63. The van der Waals surface area contributed by atoms with Gasteiger partial charge in [-0.3, -0.25) is 4.90 Å². The van der Waals surface area contributed by atoms with Gasteiger partial charge in [-0.1, -0.05) is 26.0 Å². The lowest BCUT2D eigenvalue weighted by atomic mass is 9.76. The van der Waals surface area contributed by atoms with Gasteiger partial charge >= 0.3 is 0 Å². The molecule has 1 aliphatic rings. The number of nitrogens with zero attached hydrogens (tertiary/aromatic N) is 1. The minimum absolute atomic E-state index is 0.163. The van der Waals surface area contributed by atoms with Gasteiger partial charge in [-0.2, -0.15) is 0 Å². The lowest BCUT2D eigenvalue weighted by molar-refractivity contribution is 0.0786. The number of benzene rings is 1. The summed E-state index contributed by atoms with van der Waals surface area (Å²) in [6, 6.07) is 7.95. The van der Waals surface area contributed by atoms with Crippen LogP contribution in [0.25, 0.3) is 0 Å². The van der Waals surface area contributed by atoms with Crippen LogP contribution in [0, 0.1) is 17.7 Å². The molecule has 1 aromatic rings. The average molecular weight is 278 g/mol. The minimum atomic E-state index is -0.163. The van der Waals surface area contributed by atoms with Crippen LogP contribution >= 0.6 is 0 Å². The summed E-state index contributed by atoms with van der Waals surface area (Å²) in [6.45, 7) is 5.57. The molecule has 1 saturated carbocycles. The van der Waals surface area contributed by atoms with Crippen molar-refractivity contribution in [3.63, 3.8) is 0 Å². The highest BCUT2D eigenvalue weighted by Gasteiger charge is 2.35. The summed E-state index contributed by atoms with van der Waals surface area (Å²) in [7, 11) is 4.25. The number of rotatable bonds is 4. The minimum Gasteiger partial charge on any atom is -0.315 e. The first-order chi connectivity index (χ1) is 9.51. The van der Waals surface area contributed by atoms with Gasteiger partial charge in [0.2, 0.25) is 0 Å². The Morgan fingerprint density at radius 1 is 1.20 bits per heavy atom. The summed E-state index contributed by atoms with van der Waals surface area (Å²) in [6.07, 6.45) is 2.52. The van der Waals surface area contributed by atoms with Gasteiger partial charge in [0, 0.05) is 18.6 Å². The van der Waals surface area contributed by atoms with E-state index in [-0.39, 0.29) is 5.82 Å². The molecule has 2 rings (SSSR count). The third kappa shape index (κ3) is 3.58. The molecular formula is C17H27FN2. The zero-order chi connectivity index (χ0) is 14.7. The third-order valence-electron chi connectivity index (χ3n) is 4.65. The van der Waals surface area contributed by atoms with Crippen molar-refractivity contribution < 1.29 is 4.39 Å². The second kappa shape index (κ2) is 6.68. The molecule has 0 saturated heterocycles. The van der Waals surface area contributed by atoms with Gasteiger partial charge in [-0.15, -0.1) is 0 Å². The van der Waals surface area contributed by atoms with Crippen molar-refractivity contribution in [2.45, 2.75) is 45.3 Å². The summed E-state index contributed by atoms with van der Waals surface area (Å²) < 4.78 is 13.0. The molecule has 0 bridgehead atoms. The molecule has 20 heavy (non-hydrogen) atoms. The first kappa shape index (κ1) is 15.5. The predicted octanol–water partition coefficient (Wildman–Crippen LogP) is 3.28. The molecule has 1 N–H and O–H groups in total. The summed E-state index contributed by atoms with van der Waals surface area (Å²) in [4.78, 5) is 2.42. The summed E-state index contributed by atoms with van der Waals surface area (Å²) in [5.41, 5.74) is 1.18. The van der Waals surface area contributed by atoms with Gasteiger partial charge < -0.3 is 5.32 Å². The van der Waals surface area contributed by atoms with Gasteiger partial charge in [0.1, 0.15) is 5.82 Å². The molecule has 112 valence electrons. The maximum absolute atomic E-state index is 13.0. The number of hydrogen-bond donors (Lipinski definition) is 1. The molecule has 0 amide bonds. The van der Waals surface area contributed by atoms with Crippen LogP contribution in [0.2, 0.25) is 0 Å². The van der Waals surface area contributed by atoms with E-state index in [1.807, 2.05) is 12.1 Å². The van der Waals surface area contributed by atoms with Gasteiger partial charge in [-0.05, 0) is 56.5 Å². The average Bonchev–Trinajstić information content (AvgIpc) is 2.40. The monoisotopic (exact) mass is 278 g/mol. The van der Waals surface area contributed by atoms with Gasteiger partial charge in [0.05, 0.1) is 0 Å². The van der Waals surface area contributed by atoms with Crippen molar-refractivity contribution in [2.75, 3.05) is 14.1 Å². The normalized spacial score (nSPS) is 30.7. The molecule has 4 atom stereocenters. The second-order valence-corrected chi connectivity index (χ2v) is 6.48. The van der Waals surface area contributed by atoms with Gasteiger partial charge in [0.15, 0.2) is 0 Å². The van der Waals surface area contributed by atoms with Gasteiger partial charge in [0.25, 0.3) is 0 Å². The van der Waals surface area contributed by atoms with Crippen molar-refractivity contribution in [3.8, 4) is 0 Å². The van der Waals surface area contributed by atoms with Crippen LogP contribution < -0.4 is 5.32 Å². The Morgan fingerprint density at radius 2 is 1.85 bits per heavy atom. The van der Waals surface area contributed by atoms with E-state index in [1.165, 1.54) is 18.4 Å². The zero-order valence-corrected chi connectivity index (χ0v) is 13.1. The van der Waals surface area contributed by atoms with Gasteiger partial charge in [-0.25, -0.2) is 4.39 Å². The fourth-order valence-electron chi connectivity index (χ4n) is 3.85. The fourth-order valence-corrected chi connectivity index (χ4v) is 3.85. The topological polar surface area (TPSA) is 15.3 Å². The van der Waals surface area contributed by atoms with Crippen LogP contribution in [0.5, 0.6) is 0 Å². The number of halogens is 1.